The van der Waals surface area contributed by atoms with E-state index >= 15 is 0 Å². The summed E-state index contributed by atoms with van der Waals surface area (Å²) in [6.45, 7) is 11.1. The molecule has 3 rings (SSSR count). The molecule has 0 aliphatic carbocycles. The Balaban J connectivity index is 2.15. The average Bonchev–Trinajstić information content (AvgIpc) is 2.67. The van der Waals surface area contributed by atoms with E-state index in [9.17, 15) is 9.59 Å². The van der Waals surface area contributed by atoms with Crippen LogP contribution in [0.3, 0.4) is 0 Å². The molecule has 0 aliphatic heterocycles. The summed E-state index contributed by atoms with van der Waals surface area (Å²) in [5.74, 6) is -0.779. The van der Waals surface area contributed by atoms with Crippen LogP contribution in [0.15, 0.2) is 60.7 Å². The molecule has 0 amide bonds. The molecule has 0 heterocycles. The molecule has 0 bridgehead atoms. The molecule has 0 N–H and O–H groups in total. The van der Waals surface area contributed by atoms with Gasteiger partial charge in [-0.25, -0.2) is 9.59 Å². The van der Waals surface area contributed by atoms with Gasteiger partial charge in [-0.3, -0.25) is 0 Å². The van der Waals surface area contributed by atoms with E-state index in [2.05, 4.69) is 0 Å². The summed E-state index contributed by atoms with van der Waals surface area (Å²) < 4.78 is 10.8. The van der Waals surface area contributed by atoms with Gasteiger partial charge in [-0.2, -0.15) is 0 Å². The van der Waals surface area contributed by atoms with E-state index in [1.807, 2.05) is 90.1 Å². The van der Waals surface area contributed by atoms with Crippen LogP contribution in [-0.2, 0) is 19.1 Å². The first-order chi connectivity index (χ1) is 14.9. The van der Waals surface area contributed by atoms with Gasteiger partial charge in [-0.05, 0) is 86.4 Å². The third kappa shape index (κ3) is 5.85. The monoisotopic (exact) mass is 430 g/mol. The predicted octanol–water partition coefficient (Wildman–Crippen LogP) is 6.70. The van der Waals surface area contributed by atoms with Crippen molar-refractivity contribution in [3.63, 3.8) is 0 Å². The largest absolute Gasteiger partial charge is 0.457 e. The number of hydrogen-bond donors (Lipinski definition) is 0. The maximum Gasteiger partial charge on any atom is 0.331 e. The minimum atomic E-state index is -0.554. The van der Waals surface area contributed by atoms with Crippen molar-refractivity contribution in [3.8, 4) is 0 Å². The molecule has 3 aromatic rings. The second-order valence-corrected chi connectivity index (χ2v) is 9.65. The van der Waals surface area contributed by atoms with Crippen molar-refractivity contribution in [1.29, 1.82) is 0 Å². The summed E-state index contributed by atoms with van der Waals surface area (Å²) in [7, 11) is 0. The molecule has 3 aromatic carbocycles. The highest BCUT2D eigenvalue weighted by molar-refractivity contribution is 6.14. The zero-order valence-corrected chi connectivity index (χ0v) is 19.6. The lowest BCUT2D eigenvalue weighted by Crippen LogP contribution is -2.22. The van der Waals surface area contributed by atoms with Crippen molar-refractivity contribution < 1.29 is 19.1 Å². The van der Waals surface area contributed by atoms with Gasteiger partial charge in [0, 0.05) is 12.2 Å². The molecule has 0 saturated heterocycles. The molecule has 4 heteroatoms. The zero-order chi connectivity index (χ0) is 23.5. The SMILES string of the molecule is CC(C)(C)OC(=O)/C=C/c1c2ccccc2c(/C=C/C(=O)OC(C)(C)C)c2ccccc12. The zero-order valence-electron chi connectivity index (χ0n) is 19.6. The quantitative estimate of drug-likeness (QED) is 0.262. The van der Waals surface area contributed by atoms with Crippen LogP contribution in [0.1, 0.15) is 52.7 Å². The second kappa shape index (κ2) is 8.99. The van der Waals surface area contributed by atoms with Crippen molar-refractivity contribution in [2.24, 2.45) is 0 Å². The Morgan fingerprint density at radius 3 is 1.12 bits per heavy atom. The van der Waals surface area contributed by atoms with E-state index in [1.165, 1.54) is 12.2 Å². The topological polar surface area (TPSA) is 52.6 Å². The van der Waals surface area contributed by atoms with Crippen LogP contribution in [0.5, 0.6) is 0 Å². The third-order valence-corrected chi connectivity index (χ3v) is 4.60. The maximum atomic E-state index is 12.3. The highest BCUT2D eigenvalue weighted by Gasteiger charge is 2.16. The number of esters is 2. The summed E-state index contributed by atoms with van der Waals surface area (Å²) in [5.41, 5.74) is 0.747. The van der Waals surface area contributed by atoms with Gasteiger partial charge < -0.3 is 9.47 Å². The second-order valence-electron chi connectivity index (χ2n) is 9.65. The molecule has 0 spiro atoms. The smallest absolute Gasteiger partial charge is 0.331 e. The van der Waals surface area contributed by atoms with E-state index < -0.39 is 11.2 Å². The van der Waals surface area contributed by atoms with Crippen molar-refractivity contribution in [3.05, 3.63) is 71.8 Å². The number of carbonyl (C=O) groups excluding carboxylic acids is 2. The summed E-state index contributed by atoms with van der Waals surface area (Å²) in [4.78, 5) is 24.6. The van der Waals surface area contributed by atoms with Crippen molar-refractivity contribution in [2.75, 3.05) is 0 Å². The Kier molecular flexibility index (Phi) is 6.54. The fraction of sp³-hybridized carbons (Fsp3) is 0.286. The average molecular weight is 431 g/mol. The standard InChI is InChI=1S/C28H30O4/c1-27(2,3)31-25(29)17-15-23-19-11-7-9-13-21(19)24(22-14-10-8-12-20(22)23)16-18-26(30)32-28(4,5)6/h7-18H,1-6H3/b17-15+,18-16+. The molecule has 0 atom stereocenters. The Hall–Kier alpha value is -3.40. The lowest BCUT2D eigenvalue weighted by atomic mass is 9.91. The maximum absolute atomic E-state index is 12.3. The predicted molar refractivity (Wildman–Crippen MR) is 131 cm³/mol. The van der Waals surface area contributed by atoms with Crippen molar-refractivity contribution >= 4 is 45.6 Å². The van der Waals surface area contributed by atoms with Gasteiger partial charge in [0.1, 0.15) is 11.2 Å². The van der Waals surface area contributed by atoms with Crippen LogP contribution >= 0.6 is 0 Å². The van der Waals surface area contributed by atoms with Crippen LogP contribution < -0.4 is 0 Å². The van der Waals surface area contributed by atoms with E-state index in [0.29, 0.717) is 0 Å². The van der Waals surface area contributed by atoms with Gasteiger partial charge >= 0.3 is 11.9 Å². The first-order valence-electron chi connectivity index (χ1n) is 10.7. The van der Waals surface area contributed by atoms with Gasteiger partial charge in [0.2, 0.25) is 0 Å². The van der Waals surface area contributed by atoms with Gasteiger partial charge in [0.25, 0.3) is 0 Å². The van der Waals surface area contributed by atoms with Crippen molar-refractivity contribution in [2.45, 2.75) is 52.7 Å². The summed E-state index contributed by atoms with van der Waals surface area (Å²) in [6, 6.07) is 15.9. The molecule has 166 valence electrons. The first-order valence-corrected chi connectivity index (χ1v) is 10.7. The summed E-state index contributed by atoms with van der Waals surface area (Å²) in [6.07, 6.45) is 6.55. The minimum Gasteiger partial charge on any atom is -0.457 e. The molecular weight excluding hydrogens is 400 g/mol. The molecule has 0 aromatic heterocycles. The molecule has 0 fully saturated rings. The van der Waals surface area contributed by atoms with Gasteiger partial charge in [-0.1, -0.05) is 48.5 Å². The highest BCUT2D eigenvalue weighted by atomic mass is 16.6. The number of carbonyl (C=O) groups is 2. The Morgan fingerprint density at radius 2 is 0.875 bits per heavy atom. The van der Waals surface area contributed by atoms with Crippen LogP contribution in [-0.4, -0.2) is 23.1 Å². The van der Waals surface area contributed by atoms with Crippen molar-refractivity contribution in [1.82, 2.24) is 0 Å². The van der Waals surface area contributed by atoms with Crippen LogP contribution in [0.2, 0.25) is 0 Å². The number of rotatable bonds is 4. The number of fused-ring (bicyclic) bond motifs is 2. The summed E-state index contributed by atoms with van der Waals surface area (Å²) >= 11 is 0. The molecule has 0 aliphatic rings. The fourth-order valence-electron chi connectivity index (χ4n) is 3.53. The minimum absolute atomic E-state index is 0.389. The van der Waals surface area contributed by atoms with Crippen LogP contribution in [0.25, 0.3) is 33.7 Å². The number of hydrogen-bond acceptors (Lipinski definition) is 4. The molecule has 0 saturated carbocycles. The van der Waals surface area contributed by atoms with Gasteiger partial charge in [-0.15, -0.1) is 0 Å². The Morgan fingerprint density at radius 1 is 0.594 bits per heavy atom. The highest BCUT2D eigenvalue weighted by Crippen LogP contribution is 2.34. The Labute approximate surface area is 189 Å². The normalized spacial score (nSPS) is 12.7. The lowest BCUT2D eigenvalue weighted by molar-refractivity contribution is -0.149. The molecule has 0 radical (unpaired) electrons. The third-order valence-electron chi connectivity index (χ3n) is 4.60. The van der Waals surface area contributed by atoms with E-state index in [0.717, 1.165) is 32.7 Å². The molecule has 32 heavy (non-hydrogen) atoms. The number of ether oxygens (including phenoxy) is 2. The molecule has 4 nitrogen and oxygen atoms in total. The van der Waals surface area contributed by atoms with Gasteiger partial charge in [0.15, 0.2) is 0 Å². The van der Waals surface area contributed by atoms with Gasteiger partial charge in [0.05, 0.1) is 0 Å². The molecular formula is C28H30O4. The van der Waals surface area contributed by atoms with E-state index in [1.54, 1.807) is 12.2 Å². The Bertz CT molecular complexity index is 1060. The van der Waals surface area contributed by atoms with Crippen LogP contribution in [0.4, 0.5) is 0 Å². The fourth-order valence-corrected chi connectivity index (χ4v) is 3.53. The first kappa shape index (κ1) is 23.3. The van der Waals surface area contributed by atoms with Crippen LogP contribution in [0, 0.1) is 0 Å². The lowest BCUT2D eigenvalue weighted by Gasteiger charge is -2.18. The number of benzene rings is 3. The summed E-state index contributed by atoms with van der Waals surface area (Å²) in [5, 5.41) is 3.93. The van der Waals surface area contributed by atoms with E-state index in [4.69, 9.17) is 9.47 Å². The van der Waals surface area contributed by atoms with E-state index in [-0.39, 0.29) is 11.9 Å². The molecule has 0 unspecified atom stereocenters.